The highest BCUT2D eigenvalue weighted by molar-refractivity contribution is 5.57. The Morgan fingerprint density at radius 2 is 2.06 bits per heavy atom. The minimum atomic E-state index is 0.251. The normalized spacial score (nSPS) is 9.59. The SMILES string of the molecule is C#CCCOc1nncc(-c2ccccc2)n1. The van der Waals surface area contributed by atoms with Crippen LogP contribution in [0.25, 0.3) is 11.3 Å². The van der Waals surface area contributed by atoms with Crippen molar-refractivity contribution < 1.29 is 4.74 Å². The Bertz CT molecular complexity index is 520. The highest BCUT2D eigenvalue weighted by atomic mass is 16.5. The van der Waals surface area contributed by atoms with Crippen LogP contribution in [-0.2, 0) is 0 Å². The first kappa shape index (κ1) is 11.1. The molecule has 0 amide bonds. The summed E-state index contributed by atoms with van der Waals surface area (Å²) in [6.45, 7) is 0.399. The van der Waals surface area contributed by atoms with E-state index in [-0.39, 0.29) is 6.01 Å². The number of hydrogen-bond donors (Lipinski definition) is 0. The predicted octanol–water partition coefficient (Wildman–Crippen LogP) is 1.94. The minimum Gasteiger partial charge on any atom is -0.461 e. The summed E-state index contributed by atoms with van der Waals surface area (Å²) in [5.74, 6) is 2.48. The molecule has 0 atom stereocenters. The third-order valence-electron chi connectivity index (χ3n) is 2.09. The van der Waals surface area contributed by atoms with Crippen molar-refractivity contribution in [2.24, 2.45) is 0 Å². The van der Waals surface area contributed by atoms with Gasteiger partial charge in [-0.15, -0.1) is 12.3 Å². The van der Waals surface area contributed by atoms with E-state index in [0.717, 1.165) is 11.3 Å². The molecule has 0 saturated heterocycles. The van der Waals surface area contributed by atoms with E-state index in [4.69, 9.17) is 11.2 Å². The maximum Gasteiger partial charge on any atom is 0.336 e. The summed E-state index contributed by atoms with van der Waals surface area (Å²) >= 11 is 0. The fraction of sp³-hybridized carbons (Fsp3) is 0.154. The molecule has 1 heterocycles. The lowest BCUT2D eigenvalue weighted by atomic mass is 10.2. The van der Waals surface area contributed by atoms with Gasteiger partial charge in [0, 0.05) is 12.0 Å². The van der Waals surface area contributed by atoms with Crippen LogP contribution >= 0.6 is 0 Å². The van der Waals surface area contributed by atoms with Gasteiger partial charge < -0.3 is 4.74 Å². The number of benzene rings is 1. The predicted molar refractivity (Wildman–Crippen MR) is 64.2 cm³/mol. The number of nitrogens with zero attached hydrogens (tertiary/aromatic N) is 3. The van der Waals surface area contributed by atoms with Gasteiger partial charge in [0.25, 0.3) is 0 Å². The van der Waals surface area contributed by atoms with E-state index in [1.165, 1.54) is 0 Å². The average molecular weight is 225 g/mol. The van der Waals surface area contributed by atoms with Crippen molar-refractivity contribution in [3.8, 4) is 29.6 Å². The van der Waals surface area contributed by atoms with Gasteiger partial charge >= 0.3 is 6.01 Å². The zero-order valence-corrected chi connectivity index (χ0v) is 9.21. The molecule has 4 heteroatoms. The van der Waals surface area contributed by atoms with Crippen molar-refractivity contribution in [3.63, 3.8) is 0 Å². The van der Waals surface area contributed by atoms with E-state index in [1.807, 2.05) is 30.3 Å². The molecule has 1 aromatic heterocycles. The molecule has 0 fully saturated rings. The first-order chi connectivity index (χ1) is 8.40. The van der Waals surface area contributed by atoms with Gasteiger partial charge in [-0.1, -0.05) is 35.4 Å². The largest absolute Gasteiger partial charge is 0.461 e. The van der Waals surface area contributed by atoms with E-state index in [1.54, 1.807) is 6.20 Å². The first-order valence-corrected chi connectivity index (χ1v) is 5.21. The maximum absolute atomic E-state index is 5.28. The second kappa shape index (κ2) is 5.61. The second-order valence-electron chi connectivity index (χ2n) is 3.29. The van der Waals surface area contributed by atoms with Crippen LogP contribution in [0.15, 0.2) is 36.5 Å². The molecule has 0 aliphatic heterocycles. The lowest BCUT2D eigenvalue weighted by Crippen LogP contribution is -2.02. The third-order valence-corrected chi connectivity index (χ3v) is 2.09. The van der Waals surface area contributed by atoms with Gasteiger partial charge in [-0.3, -0.25) is 0 Å². The molecule has 0 spiro atoms. The Hall–Kier alpha value is -2.41. The summed E-state index contributed by atoms with van der Waals surface area (Å²) in [6, 6.07) is 9.99. The van der Waals surface area contributed by atoms with Crippen LogP contribution in [0.4, 0.5) is 0 Å². The van der Waals surface area contributed by atoms with E-state index in [2.05, 4.69) is 21.1 Å². The summed E-state index contributed by atoms with van der Waals surface area (Å²) < 4.78 is 5.28. The summed E-state index contributed by atoms with van der Waals surface area (Å²) in [5.41, 5.74) is 1.71. The molecule has 0 saturated carbocycles. The Kier molecular flexibility index (Phi) is 3.66. The monoisotopic (exact) mass is 225 g/mol. The minimum absolute atomic E-state index is 0.251. The highest BCUT2D eigenvalue weighted by Gasteiger charge is 2.03. The van der Waals surface area contributed by atoms with Crippen molar-refractivity contribution >= 4 is 0 Å². The van der Waals surface area contributed by atoms with Gasteiger partial charge in [0.1, 0.15) is 6.61 Å². The van der Waals surface area contributed by atoms with E-state index in [0.29, 0.717) is 13.0 Å². The van der Waals surface area contributed by atoms with Crippen LogP contribution in [-0.4, -0.2) is 21.8 Å². The smallest absolute Gasteiger partial charge is 0.336 e. The van der Waals surface area contributed by atoms with Crippen LogP contribution in [0.3, 0.4) is 0 Å². The summed E-state index contributed by atoms with van der Waals surface area (Å²) in [4.78, 5) is 4.25. The molecular formula is C13H11N3O. The third kappa shape index (κ3) is 3.02. The molecule has 0 unspecified atom stereocenters. The van der Waals surface area contributed by atoms with Crippen molar-refractivity contribution in [1.82, 2.24) is 15.2 Å². The molecule has 2 rings (SSSR count). The van der Waals surface area contributed by atoms with Crippen LogP contribution in [0.2, 0.25) is 0 Å². The lowest BCUT2D eigenvalue weighted by Gasteiger charge is -2.03. The molecular weight excluding hydrogens is 214 g/mol. The van der Waals surface area contributed by atoms with Gasteiger partial charge in [-0.2, -0.15) is 10.1 Å². The van der Waals surface area contributed by atoms with E-state index in [9.17, 15) is 0 Å². The molecule has 0 aliphatic rings. The summed E-state index contributed by atoms with van der Waals surface area (Å²) in [5, 5.41) is 7.64. The Labute approximate surface area is 99.7 Å². The van der Waals surface area contributed by atoms with Crippen molar-refractivity contribution in [1.29, 1.82) is 0 Å². The van der Waals surface area contributed by atoms with Crippen LogP contribution in [0.5, 0.6) is 6.01 Å². The van der Waals surface area contributed by atoms with Gasteiger partial charge in [-0.05, 0) is 0 Å². The average Bonchev–Trinajstić information content (AvgIpc) is 2.41. The number of rotatable bonds is 4. The van der Waals surface area contributed by atoms with Crippen molar-refractivity contribution in [3.05, 3.63) is 36.5 Å². The second-order valence-corrected chi connectivity index (χ2v) is 3.29. The van der Waals surface area contributed by atoms with Gasteiger partial charge in [0.05, 0.1) is 11.9 Å². The van der Waals surface area contributed by atoms with Gasteiger partial charge in [-0.25, -0.2) is 0 Å². The van der Waals surface area contributed by atoms with Crippen molar-refractivity contribution in [2.45, 2.75) is 6.42 Å². The van der Waals surface area contributed by atoms with Crippen LogP contribution in [0, 0.1) is 12.3 Å². The van der Waals surface area contributed by atoms with Crippen molar-refractivity contribution in [2.75, 3.05) is 6.61 Å². The maximum atomic E-state index is 5.28. The molecule has 1 aromatic carbocycles. The Morgan fingerprint density at radius 3 is 2.82 bits per heavy atom. The molecule has 17 heavy (non-hydrogen) atoms. The molecule has 0 aliphatic carbocycles. The van der Waals surface area contributed by atoms with E-state index >= 15 is 0 Å². The van der Waals surface area contributed by atoms with E-state index < -0.39 is 0 Å². The molecule has 0 N–H and O–H groups in total. The quantitative estimate of drug-likeness (QED) is 0.589. The summed E-state index contributed by atoms with van der Waals surface area (Å²) in [6.07, 6.45) is 7.25. The lowest BCUT2D eigenvalue weighted by molar-refractivity contribution is 0.297. The molecule has 0 radical (unpaired) electrons. The fourth-order valence-corrected chi connectivity index (χ4v) is 1.30. The van der Waals surface area contributed by atoms with Crippen LogP contribution < -0.4 is 4.74 Å². The zero-order chi connectivity index (χ0) is 11.9. The number of terminal acetylenes is 1. The summed E-state index contributed by atoms with van der Waals surface area (Å²) in [7, 11) is 0. The molecule has 84 valence electrons. The number of ether oxygens (including phenoxy) is 1. The highest BCUT2D eigenvalue weighted by Crippen LogP contribution is 2.16. The van der Waals surface area contributed by atoms with Crippen LogP contribution in [0.1, 0.15) is 6.42 Å². The van der Waals surface area contributed by atoms with Gasteiger partial charge in [0.15, 0.2) is 0 Å². The first-order valence-electron chi connectivity index (χ1n) is 5.21. The Morgan fingerprint density at radius 1 is 1.24 bits per heavy atom. The molecule has 4 nitrogen and oxygen atoms in total. The number of aromatic nitrogens is 3. The number of hydrogen-bond acceptors (Lipinski definition) is 4. The van der Waals surface area contributed by atoms with Gasteiger partial charge in [0.2, 0.25) is 0 Å². The molecule has 0 bridgehead atoms. The Balaban J connectivity index is 2.15. The standard InChI is InChI=1S/C13H11N3O/c1-2-3-9-17-13-15-12(10-14-16-13)11-7-5-4-6-8-11/h1,4-8,10H,3,9H2. The topological polar surface area (TPSA) is 47.9 Å². The fourth-order valence-electron chi connectivity index (χ4n) is 1.30. The zero-order valence-electron chi connectivity index (χ0n) is 9.21. The molecule has 2 aromatic rings.